The van der Waals surface area contributed by atoms with Crippen LogP contribution in [0.1, 0.15) is 26.7 Å². The Balaban J connectivity index is 2.01. The second kappa shape index (κ2) is 6.07. The van der Waals surface area contributed by atoms with Crippen molar-refractivity contribution in [3.05, 3.63) is 12.7 Å². The molecule has 2 heterocycles. The van der Waals surface area contributed by atoms with Gasteiger partial charge in [-0.15, -0.1) is 0 Å². The predicted octanol–water partition coefficient (Wildman–Crippen LogP) is 0.883. The van der Waals surface area contributed by atoms with Crippen LogP contribution in [-0.4, -0.2) is 36.3 Å². The number of nitrogens with one attached hydrogen (secondary N) is 1. The largest absolute Gasteiger partial charge is 0.368 e. The molecule has 0 spiro atoms. The molecular formula is C11H18N8. The molecule has 2 aromatic rings. The number of nitrogens with two attached hydrogens (primary N) is 1. The molecule has 0 saturated heterocycles. The first-order valence-corrected chi connectivity index (χ1v) is 6.25. The van der Waals surface area contributed by atoms with E-state index >= 15 is 0 Å². The summed E-state index contributed by atoms with van der Waals surface area (Å²) in [4.78, 5) is 16.1. The van der Waals surface area contributed by atoms with Gasteiger partial charge < -0.3 is 11.1 Å². The lowest BCUT2D eigenvalue weighted by atomic mass is 10.1. The summed E-state index contributed by atoms with van der Waals surface area (Å²) in [7, 11) is 0. The molecule has 0 bridgehead atoms. The van der Waals surface area contributed by atoms with Gasteiger partial charge in [0, 0.05) is 6.54 Å². The fourth-order valence-corrected chi connectivity index (χ4v) is 1.58. The first kappa shape index (κ1) is 13.2. The van der Waals surface area contributed by atoms with Crippen LogP contribution in [0.4, 0.5) is 11.9 Å². The van der Waals surface area contributed by atoms with Gasteiger partial charge in [-0.2, -0.15) is 24.7 Å². The molecule has 0 fully saturated rings. The second-order valence-corrected chi connectivity index (χ2v) is 4.62. The zero-order chi connectivity index (χ0) is 13.7. The summed E-state index contributed by atoms with van der Waals surface area (Å²) in [5.74, 6) is 1.67. The number of nitrogens with zero attached hydrogens (tertiary/aromatic N) is 6. The van der Waals surface area contributed by atoms with Crippen molar-refractivity contribution in [1.29, 1.82) is 0 Å². The lowest BCUT2D eigenvalue weighted by Gasteiger charge is -2.08. The molecule has 102 valence electrons. The minimum atomic E-state index is 0.159. The summed E-state index contributed by atoms with van der Waals surface area (Å²) in [6, 6.07) is 0. The standard InChI is InChI=1S/C11H18N8/c1-8(2)4-3-5-14-10-16-9(12)17-11(18-10)19-7-13-6-15-19/h6-8H,3-5H2,1-2H3,(H3,12,14,16,17,18). The molecule has 19 heavy (non-hydrogen) atoms. The van der Waals surface area contributed by atoms with E-state index in [1.165, 1.54) is 17.3 Å². The number of anilines is 2. The zero-order valence-electron chi connectivity index (χ0n) is 11.1. The number of nitrogen functional groups attached to an aromatic ring is 1. The fourth-order valence-electron chi connectivity index (χ4n) is 1.58. The van der Waals surface area contributed by atoms with Gasteiger partial charge in [0.15, 0.2) is 0 Å². The smallest absolute Gasteiger partial charge is 0.258 e. The molecule has 0 aliphatic rings. The van der Waals surface area contributed by atoms with Gasteiger partial charge in [0.25, 0.3) is 5.95 Å². The van der Waals surface area contributed by atoms with Crippen molar-refractivity contribution in [3.8, 4) is 5.95 Å². The molecule has 0 unspecified atom stereocenters. The van der Waals surface area contributed by atoms with Crippen molar-refractivity contribution in [2.45, 2.75) is 26.7 Å². The molecule has 2 aromatic heterocycles. The predicted molar refractivity (Wildman–Crippen MR) is 71.7 cm³/mol. The molecule has 0 aliphatic carbocycles. The molecule has 0 amide bonds. The van der Waals surface area contributed by atoms with Gasteiger partial charge >= 0.3 is 0 Å². The molecule has 0 radical (unpaired) electrons. The molecule has 0 aliphatic heterocycles. The Morgan fingerprint density at radius 3 is 2.84 bits per heavy atom. The number of aromatic nitrogens is 6. The van der Waals surface area contributed by atoms with Crippen molar-refractivity contribution in [2.75, 3.05) is 17.6 Å². The Kier molecular flexibility index (Phi) is 4.22. The molecule has 8 nitrogen and oxygen atoms in total. The van der Waals surface area contributed by atoms with E-state index in [-0.39, 0.29) is 5.95 Å². The van der Waals surface area contributed by atoms with Gasteiger partial charge in [0.2, 0.25) is 11.9 Å². The van der Waals surface area contributed by atoms with Crippen LogP contribution < -0.4 is 11.1 Å². The average Bonchev–Trinajstić information content (AvgIpc) is 2.87. The minimum Gasteiger partial charge on any atom is -0.368 e. The van der Waals surface area contributed by atoms with Crippen LogP contribution in [0.15, 0.2) is 12.7 Å². The van der Waals surface area contributed by atoms with E-state index in [4.69, 9.17) is 5.73 Å². The monoisotopic (exact) mass is 262 g/mol. The summed E-state index contributed by atoms with van der Waals surface area (Å²) >= 11 is 0. The van der Waals surface area contributed by atoms with Crippen molar-refractivity contribution >= 4 is 11.9 Å². The Hall–Kier alpha value is -2.25. The van der Waals surface area contributed by atoms with Gasteiger partial charge in [-0.05, 0) is 18.8 Å². The lowest BCUT2D eigenvalue weighted by Crippen LogP contribution is -2.12. The fraction of sp³-hybridized carbons (Fsp3) is 0.545. The van der Waals surface area contributed by atoms with Gasteiger partial charge in [0.05, 0.1) is 0 Å². The normalized spacial score (nSPS) is 10.9. The van der Waals surface area contributed by atoms with E-state index in [2.05, 4.69) is 44.2 Å². The lowest BCUT2D eigenvalue weighted by molar-refractivity contribution is 0.566. The molecule has 8 heteroatoms. The minimum absolute atomic E-state index is 0.159. The van der Waals surface area contributed by atoms with Gasteiger partial charge in [-0.1, -0.05) is 13.8 Å². The second-order valence-electron chi connectivity index (χ2n) is 4.62. The van der Waals surface area contributed by atoms with E-state index < -0.39 is 0 Å². The third-order valence-corrected chi connectivity index (χ3v) is 2.51. The van der Waals surface area contributed by atoms with E-state index in [1.807, 2.05) is 0 Å². The van der Waals surface area contributed by atoms with E-state index in [0.29, 0.717) is 17.8 Å². The molecule has 3 N–H and O–H groups in total. The molecule has 2 rings (SSSR count). The van der Waals surface area contributed by atoms with Crippen molar-refractivity contribution in [1.82, 2.24) is 29.7 Å². The highest BCUT2D eigenvalue weighted by molar-refractivity contribution is 5.34. The SMILES string of the molecule is CC(C)CCCNc1nc(N)nc(-n2cncn2)n1. The van der Waals surface area contributed by atoms with Crippen LogP contribution in [0.2, 0.25) is 0 Å². The zero-order valence-corrected chi connectivity index (χ0v) is 11.1. The maximum Gasteiger partial charge on any atom is 0.258 e. The maximum absolute atomic E-state index is 5.65. The first-order valence-electron chi connectivity index (χ1n) is 6.25. The van der Waals surface area contributed by atoms with Crippen molar-refractivity contribution < 1.29 is 0 Å². The molecular weight excluding hydrogens is 244 g/mol. The Morgan fingerprint density at radius 2 is 2.16 bits per heavy atom. The van der Waals surface area contributed by atoms with Crippen molar-refractivity contribution in [3.63, 3.8) is 0 Å². The molecule has 0 saturated carbocycles. The van der Waals surface area contributed by atoms with E-state index in [0.717, 1.165) is 19.4 Å². The summed E-state index contributed by atoms with van der Waals surface area (Å²) < 4.78 is 1.44. The number of hydrogen-bond acceptors (Lipinski definition) is 7. The van der Waals surface area contributed by atoms with Gasteiger partial charge in [-0.25, -0.2) is 4.98 Å². The highest BCUT2D eigenvalue weighted by Crippen LogP contribution is 2.07. The van der Waals surface area contributed by atoms with Gasteiger partial charge in [0.1, 0.15) is 12.7 Å². The Bertz CT molecular complexity index is 507. The third kappa shape index (κ3) is 3.87. The van der Waals surface area contributed by atoms with Crippen LogP contribution in [0.25, 0.3) is 5.95 Å². The van der Waals surface area contributed by atoms with Crippen LogP contribution in [-0.2, 0) is 0 Å². The topological polar surface area (TPSA) is 107 Å². The number of hydrogen-bond donors (Lipinski definition) is 2. The highest BCUT2D eigenvalue weighted by atomic mass is 15.4. The third-order valence-electron chi connectivity index (χ3n) is 2.51. The van der Waals surface area contributed by atoms with Crippen molar-refractivity contribution in [2.24, 2.45) is 5.92 Å². The Labute approximate surface area is 111 Å². The van der Waals surface area contributed by atoms with Crippen LogP contribution >= 0.6 is 0 Å². The van der Waals surface area contributed by atoms with Gasteiger partial charge in [-0.3, -0.25) is 0 Å². The van der Waals surface area contributed by atoms with Crippen LogP contribution in [0.3, 0.4) is 0 Å². The average molecular weight is 262 g/mol. The molecule has 0 atom stereocenters. The van der Waals surface area contributed by atoms with E-state index in [9.17, 15) is 0 Å². The van der Waals surface area contributed by atoms with Crippen LogP contribution in [0.5, 0.6) is 0 Å². The summed E-state index contributed by atoms with van der Waals surface area (Å²) in [5, 5.41) is 7.10. The quantitative estimate of drug-likeness (QED) is 0.744. The summed E-state index contributed by atoms with van der Waals surface area (Å²) in [6.07, 6.45) is 5.14. The maximum atomic E-state index is 5.65. The summed E-state index contributed by atoms with van der Waals surface area (Å²) in [5.41, 5.74) is 5.65. The number of rotatable bonds is 6. The molecule has 0 aromatic carbocycles. The van der Waals surface area contributed by atoms with E-state index in [1.54, 1.807) is 0 Å². The summed E-state index contributed by atoms with van der Waals surface area (Å²) in [6.45, 7) is 5.20. The van der Waals surface area contributed by atoms with Crippen LogP contribution in [0, 0.1) is 5.92 Å². The highest BCUT2D eigenvalue weighted by Gasteiger charge is 2.06. The Morgan fingerprint density at radius 1 is 1.32 bits per heavy atom. The first-order chi connectivity index (χ1) is 9.15.